The number of rotatable bonds is 4. The number of hydrogen-bond acceptors (Lipinski definition) is 3. The zero-order chi connectivity index (χ0) is 15.5. The lowest BCUT2D eigenvalue weighted by atomic mass is 10.1. The summed E-state index contributed by atoms with van der Waals surface area (Å²) < 4.78 is 23.4. The summed E-state index contributed by atoms with van der Waals surface area (Å²) in [5.41, 5.74) is 1.72. The smallest absolute Gasteiger partial charge is 0.231 e. The van der Waals surface area contributed by atoms with Crippen LogP contribution in [-0.4, -0.2) is 12.7 Å². The maximum Gasteiger partial charge on any atom is 0.231 e. The molecule has 2 aromatic rings. The highest BCUT2D eigenvalue weighted by Crippen LogP contribution is 2.34. The molecule has 0 aliphatic carbocycles. The molecule has 1 aliphatic heterocycles. The van der Waals surface area contributed by atoms with Gasteiger partial charge in [0.25, 0.3) is 0 Å². The minimum atomic E-state index is -0.308. The molecule has 5 heteroatoms. The van der Waals surface area contributed by atoms with Gasteiger partial charge in [0.2, 0.25) is 12.7 Å². The summed E-state index contributed by atoms with van der Waals surface area (Å²) in [7, 11) is 0. The summed E-state index contributed by atoms with van der Waals surface area (Å²) in [6.07, 6.45) is 0.217. The number of fused-ring (bicyclic) bond motifs is 1. The van der Waals surface area contributed by atoms with Crippen molar-refractivity contribution in [3.63, 3.8) is 0 Å². The summed E-state index contributed by atoms with van der Waals surface area (Å²) in [5.74, 6) is 0.986. The first-order valence-corrected chi connectivity index (χ1v) is 7.05. The van der Waals surface area contributed by atoms with E-state index in [-0.39, 0.29) is 31.0 Å². The number of ether oxygens (including phenoxy) is 2. The quantitative estimate of drug-likeness (QED) is 0.944. The maximum absolute atomic E-state index is 12.8. The molecular formula is C17H16FNO3. The van der Waals surface area contributed by atoms with Crippen LogP contribution in [0.4, 0.5) is 4.39 Å². The second-order valence-corrected chi connectivity index (χ2v) is 5.21. The van der Waals surface area contributed by atoms with E-state index in [4.69, 9.17) is 9.47 Å². The molecule has 0 saturated carbocycles. The molecule has 0 saturated heterocycles. The third kappa shape index (κ3) is 3.19. The lowest BCUT2D eigenvalue weighted by molar-refractivity contribution is -0.121. The Kier molecular flexibility index (Phi) is 3.96. The van der Waals surface area contributed by atoms with E-state index in [0.717, 1.165) is 11.1 Å². The van der Waals surface area contributed by atoms with Crippen molar-refractivity contribution in [1.82, 2.24) is 5.32 Å². The fourth-order valence-corrected chi connectivity index (χ4v) is 2.35. The van der Waals surface area contributed by atoms with E-state index in [1.807, 2.05) is 25.1 Å². The second kappa shape index (κ2) is 6.05. The molecule has 3 rings (SSSR count). The predicted molar refractivity (Wildman–Crippen MR) is 79.2 cm³/mol. The lowest BCUT2D eigenvalue weighted by Crippen LogP contribution is -2.28. The number of hydrogen-bond donors (Lipinski definition) is 1. The van der Waals surface area contributed by atoms with Crippen LogP contribution < -0.4 is 14.8 Å². The molecule has 4 nitrogen and oxygen atoms in total. The Labute approximate surface area is 127 Å². The fourth-order valence-electron chi connectivity index (χ4n) is 2.35. The summed E-state index contributed by atoms with van der Waals surface area (Å²) in [6.45, 7) is 2.13. The zero-order valence-electron chi connectivity index (χ0n) is 12.1. The van der Waals surface area contributed by atoms with Crippen LogP contribution >= 0.6 is 0 Å². The summed E-state index contributed by atoms with van der Waals surface area (Å²) >= 11 is 0. The topological polar surface area (TPSA) is 47.6 Å². The number of halogens is 1. The van der Waals surface area contributed by atoms with Crippen LogP contribution in [0.15, 0.2) is 42.5 Å². The van der Waals surface area contributed by atoms with Crippen molar-refractivity contribution in [3.05, 3.63) is 59.4 Å². The maximum atomic E-state index is 12.8. The van der Waals surface area contributed by atoms with Gasteiger partial charge in [-0.1, -0.05) is 18.2 Å². The van der Waals surface area contributed by atoms with Crippen molar-refractivity contribution in [2.45, 2.75) is 19.4 Å². The number of carbonyl (C=O) groups is 1. The molecule has 0 radical (unpaired) electrons. The first kappa shape index (κ1) is 14.4. The van der Waals surface area contributed by atoms with Crippen LogP contribution in [0.2, 0.25) is 0 Å². The van der Waals surface area contributed by atoms with Crippen molar-refractivity contribution in [3.8, 4) is 11.5 Å². The lowest BCUT2D eigenvalue weighted by Gasteiger charge is -2.15. The van der Waals surface area contributed by atoms with Crippen LogP contribution in [-0.2, 0) is 11.2 Å². The highest BCUT2D eigenvalue weighted by molar-refractivity contribution is 5.79. The Morgan fingerprint density at radius 2 is 1.91 bits per heavy atom. The SMILES string of the molecule is C[C@@H](NC(=O)Cc1ccc(F)cc1)c1ccc2c(c1)OCO2. The second-order valence-electron chi connectivity index (χ2n) is 5.21. The standard InChI is InChI=1S/C17H16FNO3/c1-11(13-4-7-15-16(9-13)22-10-21-15)19-17(20)8-12-2-5-14(18)6-3-12/h2-7,9,11H,8,10H2,1H3,(H,19,20)/t11-/m1/s1. The van der Waals surface area contributed by atoms with Crippen LogP contribution in [0.1, 0.15) is 24.1 Å². The molecule has 0 bridgehead atoms. The Hall–Kier alpha value is -2.56. The average molecular weight is 301 g/mol. The predicted octanol–water partition coefficient (Wildman–Crippen LogP) is 2.97. The Morgan fingerprint density at radius 1 is 1.18 bits per heavy atom. The van der Waals surface area contributed by atoms with E-state index < -0.39 is 0 Å². The molecule has 114 valence electrons. The molecule has 1 amide bonds. The molecule has 1 heterocycles. The molecule has 1 atom stereocenters. The summed E-state index contributed by atoms with van der Waals surface area (Å²) in [4.78, 5) is 12.1. The molecule has 22 heavy (non-hydrogen) atoms. The number of amides is 1. The van der Waals surface area contributed by atoms with Gasteiger partial charge >= 0.3 is 0 Å². The first-order chi connectivity index (χ1) is 10.6. The molecule has 2 aromatic carbocycles. The Balaban J connectivity index is 1.62. The van der Waals surface area contributed by atoms with E-state index in [2.05, 4.69) is 5.32 Å². The highest BCUT2D eigenvalue weighted by atomic mass is 19.1. The minimum absolute atomic E-state index is 0.114. The average Bonchev–Trinajstić information content (AvgIpc) is 2.97. The summed E-state index contributed by atoms with van der Waals surface area (Å²) in [6, 6.07) is 11.4. The third-order valence-corrected chi connectivity index (χ3v) is 3.55. The van der Waals surface area contributed by atoms with Gasteiger partial charge < -0.3 is 14.8 Å². The van der Waals surface area contributed by atoms with E-state index >= 15 is 0 Å². The number of benzene rings is 2. The van der Waals surface area contributed by atoms with Crippen LogP contribution in [0.3, 0.4) is 0 Å². The Bertz CT molecular complexity index is 685. The first-order valence-electron chi connectivity index (χ1n) is 7.05. The summed E-state index contributed by atoms with van der Waals surface area (Å²) in [5, 5.41) is 2.92. The van der Waals surface area contributed by atoms with Gasteiger partial charge in [-0.3, -0.25) is 4.79 Å². The van der Waals surface area contributed by atoms with E-state index in [9.17, 15) is 9.18 Å². The van der Waals surface area contributed by atoms with E-state index in [1.54, 1.807) is 12.1 Å². The van der Waals surface area contributed by atoms with Crippen molar-refractivity contribution in [2.75, 3.05) is 6.79 Å². The van der Waals surface area contributed by atoms with Crippen molar-refractivity contribution in [2.24, 2.45) is 0 Å². The molecule has 0 fully saturated rings. The molecular weight excluding hydrogens is 285 g/mol. The number of carbonyl (C=O) groups excluding carboxylic acids is 1. The van der Waals surface area contributed by atoms with Crippen molar-refractivity contribution in [1.29, 1.82) is 0 Å². The van der Waals surface area contributed by atoms with Crippen LogP contribution in [0, 0.1) is 5.82 Å². The Morgan fingerprint density at radius 3 is 2.68 bits per heavy atom. The third-order valence-electron chi connectivity index (χ3n) is 3.55. The molecule has 0 aromatic heterocycles. The van der Waals surface area contributed by atoms with Gasteiger partial charge in [0, 0.05) is 0 Å². The van der Waals surface area contributed by atoms with Gasteiger partial charge in [0.1, 0.15) is 5.82 Å². The van der Waals surface area contributed by atoms with Crippen molar-refractivity contribution < 1.29 is 18.7 Å². The van der Waals surface area contributed by atoms with Gasteiger partial charge in [-0.2, -0.15) is 0 Å². The van der Waals surface area contributed by atoms with Gasteiger partial charge in [0.15, 0.2) is 11.5 Å². The van der Waals surface area contributed by atoms with Crippen LogP contribution in [0.5, 0.6) is 11.5 Å². The van der Waals surface area contributed by atoms with Crippen LogP contribution in [0.25, 0.3) is 0 Å². The number of nitrogens with one attached hydrogen (secondary N) is 1. The molecule has 1 N–H and O–H groups in total. The van der Waals surface area contributed by atoms with Gasteiger partial charge in [-0.15, -0.1) is 0 Å². The van der Waals surface area contributed by atoms with E-state index in [0.29, 0.717) is 11.5 Å². The normalized spacial score (nSPS) is 13.7. The van der Waals surface area contributed by atoms with Gasteiger partial charge in [-0.05, 0) is 42.3 Å². The monoisotopic (exact) mass is 301 g/mol. The molecule has 1 aliphatic rings. The van der Waals surface area contributed by atoms with Gasteiger partial charge in [0.05, 0.1) is 12.5 Å². The molecule has 0 spiro atoms. The van der Waals surface area contributed by atoms with E-state index in [1.165, 1.54) is 12.1 Å². The fraction of sp³-hybridized carbons (Fsp3) is 0.235. The van der Waals surface area contributed by atoms with Crippen molar-refractivity contribution >= 4 is 5.91 Å². The highest BCUT2D eigenvalue weighted by Gasteiger charge is 2.16. The molecule has 0 unspecified atom stereocenters. The largest absolute Gasteiger partial charge is 0.454 e. The zero-order valence-corrected chi connectivity index (χ0v) is 12.1. The van der Waals surface area contributed by atoms with Gasteiger partial charge in [-0.25, -0.2) is 4.39 Å². The minimum Gasteiger partial charge on any atom is -0.454 e.